The number of hydrogen-bond donors (Lipinski definition) is 2. The Morgan fingerprint density at radius 2 is 2.07 bits per heavy atom. The van der Waals surface area contributed by atoms with E-state index in [0.717, 1.165) is 0 Å². The van der Waals surface area contributed by atoms with Gasteiger partial charge >= 0.3 is 11.9 Å². The topological polar surface area (TPSA) is 107 Å². The third kappa shape index (κ3) is 5.58. The molecule has 13 heteroatoms. The fourth-order valence-electron chi connectivity index (χ4n) is 7.12. The first kappa shape index (κ1) is 29.8. The van der Waals surface area contributed by atoms with Crippen molar-refractivity contribution in [2.45, 2.75) is 69.6 Å². The molecule has 3 atom stereocenters. The minimum atomic E-state index is -3.00. The Bertz CT molecular complexity index is 1460. The summed E-state index contributed by atoms with van der Waals surface area (Å²) in [5.74, 6) is -4.55. The van der Waals surface area contributed by atoms with Crippen molar-refractivity contribution >= 4 is 29.1 Å². The van der Waals surface area contributed by atoms with Crippen LogP contribution in [0.1, 0.15) is 54.8 Å². The molecule has 43 heavy (non-hydrogen) atoms. The van der Waals surface area contributed by atoms with Crippen molar-refractivity contribution in [2.24, 2.45) is 10.9 Å². The van der Waals surface area contributed by atoms with Crippen molar-refractivity contribution in [2.75, 3.05) is 26.2 Å². The Morgan fingerprint density at radius 3 is 2.77 bits per heavy atom. The number of benzene rings is 1. The molecule has 0 unspecified atom stereocenters. The Kier molecular flexibility index (Phi) is 8.07. The number of nitrogens with one attached hydrogen (secondary N) is 1. The van der Waals surface area contributed by atoms with Gasteiger partial charge in [-0.3, -0.25) is 19.6 Å². The smallest absolute Gasteiger partial charge is 0.338 e. The molecule has 2 aromatic rings. The monoisotopic (exact) mass is 617 g/mol. The number of rotatable bonds is 9. The first-order valence-electron chi connectivity index (χ1n) is 14.6. The van der Waals surface area contributed by atoms with Crippen LogP contribution in [0.4, 0.5) is 13.2 Å². The van der Waals surface area contributed by atoms with Crippen LogP contribution in [-0.2, 0) is 14.3 Å². The summed E-state index contributed by atoms with van der Waals surface area (Å²) in [6.45, 7) is 3.42. The summed E-state index contributed by atoms with van der Waals surface area (Å²) in [6, 6.07) is 2.17. The lowest BCUT2D eigenvalue weighted by atomic mass is 9.77. The molecule has 6 rings (SSSR count). The van der Waals surface area contributed by atoms with Crippen LogP contribution in [0, 0.1) is 18.7 Å². The van der Waals surface area contributed by atoms with Crippen LogP contribution in [0.15, 0.2) is 46.0 Å². The normalized spacial score (nSPS) is 28.7. The highest BCUT2D eigenvalue weighted by atomic mass is 32.1. The van der Waals surface area contributed by atoms with Gasteiger partial charge in [0.1, 0.15) is 11.9 Å². The number of likely N-dealkylation sites (tertiary alicyclic amines) is 2. The number of carbonyl (C=O) groups excluding carboxylic acids is 1. The maximum atomic E-state index is 15.7. The lowest BCUT2D eigenvalue weighted by Crippen LogP contribution is -2.54. The average Bonchev–Trinajstić information content (AvgIpc) is 3.66. The van der Waals surface area contributed by atoms with Crippen LogP contribution in [-0.4, -0.2) is 88.0 Å². The number of aromatic nitrogens is 1. The minimum absolute atomic E-state index is 0.0142. The number of hydrogen-bond acceptors (Lipinski definition) is 9. The molecular weight excluding hydrogens is 583 g/mol. The second-order valence-corrected chi connectivity index (χ2v) is 12.6. The summed E-state index contributed by atoms with van der Waals surface area (Å²) in [5, 5.41) is 14.7. The summed E-state index contributed by atoms with van der Waals surface area (Å²) in [4.78, 5) is 37.3. The predicted molar refractivity (Wildman–Crippen MR) is 154 cm³/mol. The molecule has 230 valence electrons. The number of fused-ring (bicyclic) bond motifs is 1. The molecule has 0 bridgehead atoms. The molecule has 0 radical (unpaired) electrons. The van der Waals surface area contributed by atoms with Gasteiger partial charge in [0.15, 0.2) is 10.8 Å². The molecule has 2 N–H and O–H groups in total. The van der Waals surface area contributed by atoms with E-state index in [0.29, 0.717) is 53.5 Å². The van der Waals surface area contributed by atoms with Crippen molar-refractivity contribution in [3.63, 3.8) is 0 Å². The van der Waals surface area contributed by atoms with E-state index in [9.17, 15) is 14.0 Å². The van der Waals surface area contributed by atoms with Crippen molar-refractivity contribution in [1.82, 2.24) is 20.1 Å². The first-order chi connectivity index (χ1) is 20.6. The van der Waals surface area contributed by atoms with Crippen molar-refractivity contribution in [1.29, 1.82) is 0 Å². The summed E-state index contributed by atoms with van der Waals surface area (Å²) in [5.41, 5.74) is 1.35. The van der Waals surface area contributed by atoms with E-state index in [2.05, 4.69) is 10.3 Å². The molecule has 0 amide bonds. The standard InChI is InChI=1S/C30H34F3N5O4S/c1-3-42-29(41)24-21(35-27(28-34-8-10-43-28)36-25(24)19-5-4-6-20(31)16(19)2)14-37-15-30(32,33)26-22(37)7-9-38(26)18-11-17(12-18)13-23(39)40/h4-6,8,10,17-18,22,25-26H,3,7,9,11-15H2,1-2H3,(H,35,36)(H,39,40)/t17?,18?,22-,25-,26+/m0/s1. The second-order valence-electron chi connectivity index (χ2n) is 11.7. The molecular formula is C30H34F3N5O4S. The van der Waals surface area contributed by atoms with E-state index >= 15 is 8.78 Å². The predicted octanol–water partition coefficient (Wildman–Crippen LogP) is 4.15. The number of carboxylic acids is 1. The molecule has 0 spiro atoms. The van der Waals surface area contributed by atoms with Crippen molar-refractivity contribution in [3.8, 4) is 0 Å². The quantitative estimate of drug-likeness (QED) is 0.405. The molecule has 4 heterocycles. The minimum Gasteiger partial charge on any atom is -0.481 e. The highest BCUT2D eigenvalue weighted by Gasteiger charge is 2.61. The molecule has 2 saturated heterocycles. The van der Waals surface area contributed by atoms with E-state index in [-0.39, 0.29) is 37.1 Å². The zero-order chi connectivity index (χ0) is 30.5. The Morgan fingerprint density at radius 1 is 1.28 bits per heavy atom. The lowest BCUT2D eigenvalue weighted by Gasteiger charge is -2.44. The van der Waals surface area contributed by atoms with E-state index in [1.54, 1.807) is 42.5 Å². The van der Waals surface area contributed by atoms with Gasteiger partial charge in [-0.15, -0.1) is 11.3 Å². The maximum absolute atomic E-state index is 15.7. The number of ether oxygens (including phenoxy) is 1. The first-order valence-corrected chi connectivity index (χ1v) is 15.4. The largest absolute Gasteiger partial charge is 0.481 e. The summed E-state index contributed by atoms with van der Waals surface area (Å²) in [6.07, 6.45) is 3.42. The summed E-state index contributed by atoms with van der Waals surface area (Å²) in [7, 11) is 0. The fourth-order valence-corrected chi connectivity index (χ4v) is 7.71. The number of thiazole rings is 1. The van der Waals surface area contributed by atoms with Crippen LogP contribution in [0.5, 0.6) is 0 Å². The number of nitrogens with zero attached hydrogens (tertiary/aromatic N) is 4. The van der Waals surface area contributed by atoms with Crippen molar-refractivity contribution < 1.29 is 32.6 Å². The number of esters is 1. The zero-order valence-electron chi connectivity index (χ0n) is 23.9. The van der Waals surface area contributed by atoms with E-state index in [1.807, 2.05) is 4.90 Å². The number of amidine groups is 1. The maximum Gasteiger partial charge on any atom is 0.338 e. The number of halogens is 3. The number of aliphatic imine (C=N–C) groups is 1. The van der Waals surface area contributed by atoms with Crippen LogP contribution < -0.4 is 5.32 Å². The van der Waals surface area contributed by atoms with Gasteiger partial charge in [-0.2, -0.15) is 0 Å². The molecule has 1 aromatic carbocycles. The molecule has 1 aliphatic carbocycles. The van der Waals surface area contributed by atoms with Gasteiger partial charge in [0, 0.05) is 48.9 Å². The number of carbonyl (C=O) groups is 2. The molecule has 3 fully saturated rings. The van der Waals surface area contributed by atoms with Gasteiger partial charge in [0.05, 0.1) is 24.8 Å². The van der Waals surface area contributed by atoms with Gasteiger partial charge in [-0.25, -0.2) is 22.9 Å². The highest BCUT2D eigenvalue weighted by Crippen LogP contribution is 2.47. The van der Waals surface area contributed by atoms with Crippen LogP contribution in [0.25, 0.3) is 0 Å². The average molecular weight is 618 g/mol. The molecule has 9 nitrogen and oxygen atoms in total. The third-order valence-corrected chi connectivity index (χ3v) is 9.87. The summed E-state index contributed by atoms with van der Waals surface area (Å²) >= 11 is 1.34. The van der Waals surface area contributed by atoms with Gasteiger partial charge in [0.25, 0.3) is 5.92 Å². The number of alkyl halides is 2. The van der Waals surface area contributed by atoms with Crippen LogP contribution in [0.2, 0.25) is 0 Å². The molecule has 4 aliphatic rings. The molecule has 1 saturated carbocycles. The van der Waals surface area contributed by atoms with Gasteiger partial charge < -0.3 is 15.2 Å². The lowest BCUT2D eigenvalue weighted by molar-refractivity contribution is -0.140. The van der Waals surface area contributed by atoms with E-state index in [4.69, 9.17) is 14.8 Å². The fraction of sp³-hybridized carbons (Fsp3) is 0.533. The Hall–Kier alpha value is -3.29. The Balaban J connectivity index is 1.33. The van der Waals surface area contributed by atoms with Crippen LogP contribution >= 0.6 is 11.3 Å². The third-order valence-electron chi connectivity index (χ3n) is 9.09. The van der Waals surface area contributed by atoms with Gasteiger partial charge in [0.2, 0.25) is 0 Å². The van der Waals surface area contributed by atoms with E-state index < -0.39 is 48.3 Å². The molecule has 1 aromatic heterocycles. The molecule has 3 aliphatic heterocycles. The van der Waals surface area contributed by atoms with Crippen LogP contribution in [0.3, 0.4) is 0 Å². The summed E-state index contributed by atoms with van der Waals surface area (Å²) < 4.78 is 51.6. The van der Waals surface area contributed by atoms with E-state index in [1.165, 1.54) is 17.4 Å². The Labute approximate surface area is 251 Å². The number of aliphatic carboxylic acids is 1. The van der Waals surface area contributed by atoms with Gasteiger partial charge in [-0.05, 0) is 56.2 Å². The van der Waals surface area contributed by atoms with Gasteiger partial charge in [-0.1, -0.05) is 12.1 Å². The zero-order valence-corrected chi connectivity index (χ0v) is 24.7. The second kappa shape index (κ2) is 11.7. The highest BCUT2D eigenvalue weighted by molar-refractivity contribution is 7.11. The SMILES string of the molecule is CCOC(=O)C1=C(CN2CC(F)(F)[C@H]3[C@@H]2CCN3C2CC(CC(=O)O)C2)NC(c2nccs2)=N[C@H]1c1cccc(F)c1C. The number of carboxylic acid groups (broad SMARTS) is 1. The van der Waals surface area contributed by atoms with Crippen molar-refractivity contribution in [3.05, 3.63) is 63.0 Å².